The molecule has 0 aliphatic rings. The zero-order valence-electron chi connectivity index (χ0n) is 13.3. The summed E-state index contributed by atoms with van der Waals surface area (Å²) in [6, 6.07) is 17.6. The van der Waals surface area contributed by atoms with Gasteiger partial charge in [0.25, 0.3) is 5.91 Å². The van der Waals surface area contributed by atoms with Crippen LogP contribution in [0.1, 0.15) is 5.56 Å². The van der Waals surface area contributed by atoms with Crippen LogP contribution in [0.25, 0.3) is 6.08 Å². The summed E-state index contributed by atoms with van der Waals surface area (Å²) in [6.07, 6.45) is 2.76. The van der Waals surface area contributed by atoms with Gasteiger partial charge in [0, 0.05) is 16.8 Å². The molecule has 0 atom stereocenters. The number of ether oxygens (including phenoxy) is 1. The molecule has 0 aromatic heterocycles. The third kappa shape index (κ3) is 5.79. The van der Waals surface area contributed by atoms with Crippen molar-refractivity contribution in [2.45, 2.75) is 0 Å². The van der Waals surface area contributed by atoms with Crippen molar-refractivity contribution in [2.75, 3.05) is 18.1 Å². The first-order valence-electron chi connectivity index (χ1n) is 7.43. The van der Waals surface area contributed by atoms with E-state index in [-0.39, 0.29) is 6.54 Å². The van der Waals surface area contributed by atoms with Crippen molar-refractivity contribution in [3.05, 3.63) is 71.3 Å². The fourth-order valence-electron chi connectivity index (χ4n) is 2.04. The molecule has 2 aromatic carbocycles. The van der Waals surface area contributed by atoms with Gasteiger partial charge in [-0.3, -0.25) is 9.69 Å². The molecule has 2 rings (SSSR count). The largest absolute Gasteiger partial charge is 0.452 e. The Bertz CT molecular complexity index is 813. The van der Waals surface area contributed by atoms with Gasteiger partial charge in [-0.15, -0.1) is 0 Å². The van der Waals surface area contributed by atoms with E-state index >= 15 is 0 Å². The number of anilines is 1. The molecule has 1 amide bonds. The highest BCUT2D eigenvalue weighted by molar-refractivity contribution is 6.30. The number of nitriles is 1. The molecular weight excluding hydrogens is 340 g/mol. The number of benzene rings is 2. The van der Waals surface area contributed by atoms with Gasteiger partial charge in [-0.2, -0.15) is 5.26 Å². The van der Waals surface area contributed by atoms with Gasteiger partial charge < -0.3 is 4.74 Å². The zero-order chi connectivity index (χ0) is 18.1. The first-order valence-corrected chi connectivity index (χ1v) is 7.80. The summed E-state index contributed by atoms with van der Waals surface area (Å²) < 4.78 is 4.95. The first kappa shape index (κ1) is 18.2. The minimum atomic E-state index is -0.654. The summed E-state index contributed by atoms with van der Waals surface area (Å²) in [6.45, 7) is -0.575. The third-order valence-corrected chi connectivity index (χ3v) is 3.43. The summed E-state index contributed by atoms with van der Waals surface area (Å²) in [4.78, 5) is 25.2. The molecule has 0 N–H and O–H groups in total. The van der Waals surface area contributed by atoms with E-state index in [1.54, 1.807) is 60.7 Å². The van der Waals surface area contributed by atoms with Crippen LogP contribution in [0.2, 0.25) is 5.02 Å². The van der Waals surface area contributed by atoms with E-state index in [9.17, 15) is 9.59 Å². The summed E-state index contributed by atoms with van der Waals surface area (Å²) in [5.41, 5.74) is 1.31. The lowest BCUT2D eigenvalue weighted by Gasteiger charge is -2.19. The van der Waals surface area contributed by atoms with Gasteiger partial charge >= 0.3 is 5.97 Å². The van der Waals surface area contributed by atoms with E-state index in [0.29, 0.717) is 10.7 Å². The van der Waals surface area contributed by atoms with E-state index in [0.717, 1.165) is 5.56 Å². The monoisotopic (exact) mass is 354 g/mol. The number of halogens is 1. The molecular formula is C19H15ClN2O3. The van der Waals surface area contributed by atoms with E-state index in [2.05, 4.69) is 0 Å². The van der Waals surface area contributed by atoms with Crippen molar-refractivity contribution in [3.8, 4) is 6.07 Å². The molecule has 0 fully saturated rings. The predicted octanol–water partition coefficient (Wildman–Crippen LogP) is 3.45. The topological polar surface area (TPSA) is 70.4 Å². The van der Waals surface area contributed by atoms with Gasteiger partial charge in [0.15, 0.2) is 6.61 Å². The lowest BCUT2D eigenvalue weighted by atomic mass is 10.2. The average molecular weight is 355 g/mol. The van der Waals surface area contributed by atoms with E-state index in [1.807, 2.05) is 6.07 Å². The Kier molecular flexibility index (Phi) is 6.76. The highest BCUT2D eigenvalue weighted by Crippen LogP contribution is 2.13. The molecule has 0 bridgehead atoms. The maximum Gasteiger partial charge on any atom is 0.331 e. The fourth-order valence-corrected chi connectivity index (χ4v) is 2.23. The maximum absolute atomic E-state index is 12.2. The number of hydrogen-bond donors (Lipinski definition) is 0. The lowest BCUT2D eigenvalue weighted by molar-refractivity contribution is -0.142. The van der Waals surface area contributed by atoms with Gasteiger partial charge in [0.05, 0.1) is 6.07 Å². The number of hydrogen-bond acceptors (Lipinski definition) is 4. The fraction of sp³-hybridized carbons (Fsp3) is 0.105. The second kappa shape index (κ2) is 9.26. The van der Waals surface area contributed by atoms with Crippen molar-refractivity contribution >= 4 is 35.2 Å². The Morgan fingerprint density at radius 1 is 1.16 bits per heavy atom. The molecule has 0 aliphatic heterocycles. The highest BCUT2D eigenvalue weighted by Gasteiger charge is 2.16. The van der Waals surface area contributed by atoms with Crippen LogP contribution in [0.5, 0.6) is 0 Å². The highest BCUT2D eigenvalue weighted by atomic mass is 35.5. The smallest absolute Gasteiger partial charge is 0.331 e. The van der Waals surface area contributed by atoms with E-state index < -0.39 is 18.5 Å². The number of para-hydroxylation sites is 1. The molecule has 0 aliphatic carbocycles. The molecule has 5 nitrogen and oxygen atoms in total. The van der Waals surface area contributed by atoms with Gasteiger partial charge in [-0.1, -0.05) is 41.9 Å². The molecule has 0 spiro atoms. The third-order valence-electron chi connectivity index (χ3n) is 3.20. The summed E-state index contributed by atoms with van der Waals surface area (Å²) in [5, 5.41) is 9.44. The van der Waals surface area contributed by atoms with Crippen LogP contribution in [0.15, 0.2) is 60.7 Å². The molecule has 0 heterocycles. The summed E-state index contributed by atoms with van der Waals surface area (Å²) >= 11 is 5.86. The average Bonchev–Trinajstić information content (AvgIpc) is 2.63. The number of amides is 1. The minimum Gasteiger partial charge on any atom is -0.452 e. The van der Waals surface area contributed by atoms with Crippen molar-refractivity contribution in [1.29, 1.82) is 5.26 Å². The molecule has 25 heavy (non-hydrogen) atoms. The molecule has 2 aromatic rings. The van der Waals surface area contributed by atoms with Crippen LogP contribution in [-0.2, 0) is 14.3 Å². The van der Waals surface area contributed by atoms with Crippen LogP contribution in [0.3, 0.4) is 0 Å². The quantitative estimate of drug-likeness (QED) is 0.452. The van der Waals surface area contributed by atoms with Crippen molar-refractivity contribution < 1.29 is 14.3 Å². The van der Waals surface area contributed by atoms with Crippen molar-refractivity contribution in [2.24, 2.45) is 0 Å². The molecule has 6 heteroatoms. The van der Waals surface area contributed by atoms with Crippen molar-refractivity contribution in [3.63, 3.8) is 0 Å². The number of carbonyl (C=O) groups excluding carboxylic acids is 2. The van der Waals surface area contributed by atoms with Gasteiger partial charge in [0.2, 0.25) is 0 Å². The van der Waals surface area contributed by atoms with E-state index in [1.165, 1.54) is 11.0 Å². The second-order valence-electron chi connectivity index (χ2n) is 4.97. The SMILES string of the molecule is N#CCN(C(=O)COC(=O)/C=C/c1cccc(Cl)c1)c1ccccc1. The lowest BCUT2D eigenvalue weighted by Crippen LogP contribution is -2.34. The molecule has 0 unspecified atom stereocenters. The normalized spacial score (nSPS) is 10.2. The standard InChI is InChI=1S/C19H15ClN2O3/c20-16-6-4-5-15(13-16)9-10-19(24)25-14-18(23)22(12-11-21)17-7-2-1-3-8-17/h1-10,13H,12,14H2/b10-9+. The minimum absolute atomic E-state index is 0.126. The number of nitrogens with zero attached hydrogens (tertiary/aromatic N) is 2. The predicted molar refractivity (Wildman–Crippen MR) is 95.9 cm³/mol. The zero-order valence-corrected chi connectivity index (χ0v) is 14.0. The van der Waals surface area contributed by atoms with Crippen LogP contribution < -0.4 is 4.90 Å². The van der Waals surface area contributed by atoms with Crippen LogP contribution in [-0.4, -0.2) is 25.0 Å². The molecule has 0 radical (unpaired) electrons. The second-order valence-corrected chi connectivity index (χ2v) is 5.41. The molecule has 126 valence electrons. The summed E-state index contributed by atoms with van der Waals surface area (Å²) in [5.74, 6) is -1.13. The first-order chi connectivity index (χ1) is 12.1. The van der Waals surface area contributed by atoms with Gasteiger partial charge in [0.1, 0.15) is 6.54 Å². The Balaban J connectivity index is 1.93. The Morgan fingerprint density at radius 2 is 1.92 bits per heavy atom. The van der Waals surface area contributed by atoms with E-state index in [4.69, 9.17) is 21.6 Å². The molecule has 0 saturated carbocycles. The van der Waals surface area contributed by atoms with Crippen LogP contribution in [0.4, 0.5) is 5.69 Å². The summed E-state index contributed by atoms with van der Waals surface area (Å²) in [7, 11) is 0. The Morgan fingerprint density at radius 3 is 2.60 bits per heavy atom. The Hall–Kier alpha value is -3.10. The Labute approximate surface area is 150 Å². The van der Waals surface area contributed by atoms with Gasteiger partial charge in [-0.05, 0) is 35.9 Å². The number of esters is 1. The number of rotatable bonds is 6. The molecule has 0 saturated heterocycles. The van der Waals surface area contributed by atoms with Crippen molar-refractivity contribution in [1.82, 2.24) is 0 Å². The number of carbonyl (C=O) groups is 2. The van der Waals surface area contributed by atoms with Crippen LogP contribution >= 0.6 is 11.6 Å². The maximum atomic E-state index is 12.2. The van der Waals surface area contributed by atoms with Crippen LogP contribution in [0, 0.1) is 11.3 Å². The van der Waals surface area contributed by atoms with Gasteiger partial charge in [-0.25, -0.2) is 4.79 Å².